The zero-order chi connectivity index (χ0) is 12.5. The van der Waals surface area contributed by atoms with Crippen molar-refractivity contribution in [2.24, 2.45) is 0 Å². The summed E-state index contributed by atoms with van der Waals surface area (Å²) in [4.78, 5) is 8.10. The maximum Gasteiger partial charge on any atom is 0.0830 e. The number of aromatic nitrogens is 1. The lowest BCUT2D eigenvalue weighted by Crippen LogP contribution is -2.09. The number of pyridine rings is 1. The van der Waals surface area contributed by atoms with Crippen LogP contribution < -0.4 is 4.90 Å². The molecule has 0 aliphatic heterocycles. The number of thiophene rings is 1. The van der Waals surface area contributed by atoms with Crippen LogP contribution in [0.3, 0.4) is 0 Å². The molecule has 0 saturated heterocycles. The first kappa shape index (κ1) is 11.2. The first-order chi connectivity index (χ1) is 8.75. The topological polar surface area (TPSA) is 16.1 Å². The number of hydrogen-bond acceptors (Lipinski definition) is 3. The number of fused-ring (bicyclic) bond motifs is 1. The molecule has 3 heteroatoms. The van der Waals surface area contributed by atoms with E-state index in [2.05, 4.69) is 60.8 Å². The van der Waals surface area contributed by atoms with Gasteiger partial charge in [-0.25, -0.2) is 4.98 Å². The Labute approximate surface area is 111 Å². The summed E-state index contributed by atoms with van der Waals surface area (Å²) in [6.07, 6.45) is 0. The third-order valence-electron chi connectivity index (χ3n) is 2.95. The van der Waals surface area contributed by atoms with Crippen LogP contribution in [0, 0.1) is 0 Å². The van der Waals surface area contributed by atoms with Crippen LogP contribution in [0.4, 0.5) is 5.69 Å². The van der Waals surface area contributed by atoms with E-state index in [1.165, 1.54) is 16.0 Å². The summed E-state index contributed by atoms with van der Waals surface area (Å²) >= 11 is 1.72. The van der Waals surface area contributed by atoms with E-state index in [9.17, 15) is 0 Å². The van der Waals surface area contributed by atoms with Crippen molar-refractivity contribution in [1.29, 1.82) is 0 Å². The number of rotatable bonds is 2. The van der Waals surface area contributed by atoms with Crippen LogP contribution in [0.2, 0.25) is 0 Å². The predicted octanol–water partition coefficient (Wildman–Crippen LogP) is 4.03. The summed E-state index contributed by atoms with van der Waals surface area (Å²) in [6, 6.07) is 14.6. The van der Waals surface area contributed by atoms with E-state index in [1.54, 1.807) is 11.3 Å². The molecule has 0 aliphatic carbocycles. The molecule has 0 aliphatic rings. The van der Waals surface area contributed by atoms with Crippen molar-refractivity contribution in [2.75, 3.05) is 19.0 Å². The number of anilines is 1. The fourth-order valence-electron chi connectivity index (χ4n) is 2.08. The van der Waals surface area contributed by atoms with Gasteiger partial charge in [0.05, 0.1) is 16.1 Å². The summed E-state index contributed by atoms with van der Waals surface area (Å²) in [5.41, 5.74) is 3.31. The molecule has 1 aromatic carbocycles. The average Bonchev–Trinajstić information content (AvgIpc) is 2.91. The van der Waals surface area contributed by atoms with Crippen LogP contribution in [-0.2, 0) is 0 Å². The molecule has 0 atom stereocenters. The molecular formula is C15H14N2S. The molecule has 0 N–H and O–H groups in total. The highest BCUT2D eigenvalue weighted by molar-refractivity contribution is 7.13. The minimum Gasteiger partial charge on any atom is -0.377 e. The Morgan fingerprint density at radius 2 is 1.89 bits per heavy atom. The Kier molecular flexibility index (Phi) is 2.76. The summed E-state index contributed by atoms with van der Waals surface area (Å²) in [5, 5.41) is 3.28. The van der Waals surface area contributed by atoms with Crippen LogP contribution in [0.15, 0.2) is 47.8 Å². The molecule has 0 radical (unpaired) electrons. The largest absolute Gasteiger partial charge is 0.377 e. The molecule has 0 spiro atoms. The van der Waals surface area contributed by atoms with Crippen LogP contribution in [0.5, 0.6) is 0 Å². The lowest BCUT2D eigenvalue weighted by Gasteiger charge is -2.16. The molecule has 0 fully saturated rings. The van der Waals surface area contributed by atoms with Crippen molar-refractivity contribution in [3.63, 3.8) is 0 Å². The molecule has 2 aromatic heterocycles. The van der Waals surface area contributed by atoms with E-state index in [1.807, 2.05) is 6.07 Å². The second-order valence-electron chi connectivity index (χ2n) is 4.42. The van der Waals surface area contributed by atoms with Crippen LogP contribution in [0.1, 0.15) is 0 Å². The first-order valence-electron chi connectivity index (χ1n) is 5.87. The lowest BCUT2D eigenvalue weighted by molar-refractivity contribution is 1.14. The molecule has 2 heterocycles. The fraction of sp³-hybridized carbons (Fsp3) is 0.133. The number of hydrogen-bond donors (Lipinski definition) is 0. The van der Waals surface area contributed by atoms with Gasteiger partial charge in [-0.15, -0.1) is 11.3 Å². The van der Waals surface area contributed by atoms with E-state index < -0.39 is 0 Å². The van der Waals surface area contributed by atoms with Crippen LogP contribution in [-0.4, -0.2) is 19.1 Å². The van der Waals surface area contributed by atoms with Gasteiger partial charge in [0.15, 0.2) is 0 Å². The van der Waals surface area contributed by atoms with E-state index in [4.69, 9.17) is 4.98 Å². The van der Waals surface area contributed by atoms with Gasteiger partial charge in [-0.2, -0.15) is 0 Å². The summed E-state index contributed by atoms with van der Waals surface area (Å²) in [7, 11) is 4.14. The van der Waals surface area contributed by atoms with Crippen molar-refractivity contribution < 1.29 is 0 Å². The van der Waals surface area contributed by atoms with Crippen LogP contribution in [0.25, 0.3) is 21.5 Å². The molecular weight excluding hydrogens is 240 g/mol. The quantitative estimate of drug-likeness (QED) is 0.686. The van der Waals surface area contributed by atoms with Crippen molar-refractivity contribution in [3.8, 4) is 10.6 Å². The third-order valence-corrected chi connectivity index (χ3v) is 3.84. The van der Waals surface area contributed by atoms with Gasteiger partial charge in [-0.1, -0.05) is 24.3 Å². The average molecular weight is 254 g/mol. The third kappa shape index (κ3) is 1.87. The molecule has 90 valence electrons. The Balaban J connectivity index is 2.30. The zero-order valence-corrected chi connectivity index (χ0v) is 11.2. The molecule has 0 saturated carbocycles. The number of nitrogens with zero attached hydrogens (tertiary/aromatic N) is 2. The van der Waals surface area contributed by atoms with Gasteiger partial charge in [0.25, 0.3) is 0 Å². The lowest BCUT2D eigenvalue weighted by atomic mass is 10.1. The fourth-order valence-corrected chi connectivity index (χ4v) is 2.76. The molecule has 3 rings (SSSR count). The predicted molar refractivity (Wildman–Crippen MR) is 79.4 cm³/mol. The highest BCUT2D eigenvalue weighted by Crippen LogP contribution is 2.31. The van der Waals surface area contributed by atoms with Gasteiger partial charge in [0.1, 0.15) is 0 Å². The zero-order valence-electron chi connectivity index (χ0n) is 10.4. The Hall–Kier alpha value is -1.87. The summed E-state index contributed by atoms with van der Waals surface area (Å²) in [6.45, 7) is 0. The van der Waals surface area contributed by atoms with Gasteiger partial charge >= 0.3 is 0 Å². The maximum absolute atomic E-state index is 4.74. The van der Waals surface area contributed by atoms with Crippen LogP contribution >= 0.6 is 11.3 Å². The standard InChI is InChI=1S/C15H14N2S/c1-17(2)14-10-13(15-8-5-9-18-15)16-12-7-4-3-6-11(12)14/h3-10H,1-2H3. The molecule has 0 bridgehead atoms. The Bertz CT molecular complexity index is 672. The minimum atomic E-state index is 1.05. The van der Waals surface area contributed by atoms with Gasteiger partial charge in [0.2, 0.25) is 0 Å². The van der Waals surface area contributed by atoms with Gasteiger partial charge in [0, 0.05) is 25.2 Å². The summed E-state index contributed by atoms with van der Waals surface area (Å²) in [5.74, 6) is 0. The molecule has 0 unspecified atom stereocenters. The second kappa shape index (κ2) is 4.42. The minimum absolute atomic E-state index is 1.05. The molecule has 2 nitrogen and oxygen atoms in total. The maximum atomic E-state index is 4.74. The molecule has 18 heavy (non-hydrogen) atoms. The Morgan fingerprint density at radius 1 is 1.06 bits per heavy atom. The van der Waals surface area contributed by atoms with E-state index in [0.717, 1.165) is 11.2 Å². The number of benzene rings is 1. The van der Waals surface area contributed by atoms with Crippen molar-refractivity contribution in [3.05, 3.63) is 47.8 Å². The molecule has 3 aromatic rings. The normalized spacial score (nSPS) is 10.8. The van der Waals surface area contributed by atoms with E-state index in [-0.39, 0.29) is 0 Å². The first-order valence-corrected chi connectivity index (χ1v) is 6.74. The van der Waals surface area contributed by atoms with Gasteiger partial charge in [-0.3, -0.25) is 0 Å². The van der Waals surface area contributed by atoms with E-state index >= 15 is 0 Å². The smallest absolute Gasteiger partial charge is 0.0830 e. The van der Waals surface area contributed by atoms with E-state index in [0.29, 0.717) is 0 Å². The highest BCUT2D eigenvalue weighted by Gasteiger charge is 2.08. The van der Waals surface area contributed by atoms with Crippen molar-refractivity contribution in [2.45, 2.75) is 0 Å². The van der Waals surface area contributed by atoms with Gasteiger partial charge in [-0.05, 0) is 23.6 Å². The second-order valence-corrected chi connectivity index (χ2v) is 5.36. The van der Waals surface area contributed by atoms with Crippen molar-refractivity contribution >= 4 is 27.9 Å². The molecule has 0 amide bonds. The van der Waals surface area contributed by atoms with Gasteiger partial charge < -0.3 is 4.90 Å². The SMILES string of the molecule is CN(C)c1cc(-c2cccs2)nc2ccccc12. The van der Waals surface area contributed by atoms with Crippen molar-refractivity contribution in [1.82, 2.24) is 4.98 Å². The summed E-state index contributed by atoms with van der Waals surface area (Å²) < 4.78 is 0. The number of para-hydroxylation sites is 1. The Morgan fingerprint density at radius 3 is 2.61 bits per heavy atom. The highest BCUT2D eigenvalue weighted by atomic mass is 32.1. The monoisotopic (exact) mass is 254 g/mol.